The second-order valence-corrected chi connectivity index (χ2v) is 10.8. The number of carbonyl (C=O) groups excluding carboxylic acids is 1. The maximum atomic E-state index is 13.4. The van der Waals surface area contributed by atoms with E-state index in [4.69, 9.17) is 0 Å². The minimum Gasteiger partial charge on any atom is -0.369 e. The Morgan fingerprint density at radius 3 is 2.49 bits per heavy atom. The van der Waals surface area contributed by atoms with E-state index in [1.807, 2.05) is 11.8 Å². The lowest BCUT2D eigenvalue weighted by Crippen LogP contribution is -2.48. The summed E-state index contributed by atoms with van der Waals surface area (Å²) >= 11 is 0. The largest absolute Gasteiger partial charge is 0.369 e. The second kappa shape index (κ2) is 11.5. The van der Waals surface area contributed by atoms with Gasteiger partial charge in [-0.3, -0.25) is 4.79 Å². The highest BCUT2D eigenvalue weighted by atomic mass is 16.2. The zero-order chi connectivity index (χ0) is 24.0. The predicted molar refractivity (Wildman–Crippen MR) is 141 cm³/mol. The Labute approximate surface area is 210 Å². The molecule has 188 valence electrons. The number of amides is 1. The van der Waals surface area contributed by atoms with Crippen molar-refractivity contribution in [1.82, 2.24) is 19.8 Å². The van der Waals surface area contributed by atoms with Crippen LogP contribution in [0.15, 0.2) is 36.7 Å². The van der Waals surface area contributed by atoms with E-state index < -0.39 is 0 Å². The first-order valence-corrected chi connectivity index (χ1v) is 13.8. The molecule has 6 nitrogen and oxygen atoms in total. The highest BCUT2D eigenvalue weighted by molar-refractivity contribution is 5.94. The molecule has 1 N–H and O–H groups in total. The highest BCUT2D eigenvalue weighted by Gasteiger charge is 2.30. The van der Waals surface area contributed by atoms with Gasteiger partial charge in [-0.05, 0) is 82.4 Å². The first kappa shape index (κ1) is 24.2. The number of likely N-dealkylation sites (tertiary alicyclic amines) is 2. The molecule has 3 heterocycles. The molecule has 6 heteroatoms. The van der Waals surface area contributed by atoms with E-state index in [0.29, 0.717) is 23.6 Å². The molecular formula is C29H41N5O. The zero-order valence-electron chi connectivity index (χ0n) is 21.3. The molecule has 2 aromatic rings. The van der Waals surface area contributed by atoms with E-state index in [9.17, 15) is 4.79 Å². The molecule has 2 aliphatic heterocycles. The Morgan fingerprint density at radius 1 is 0.943 bits per heavy atom. The van der Waals surface area contributed by atoms with E-state index in [1.165, 1.54) is 63.6 Å². The molecule has 1 aromatic heterocycles. The Balaban J connectivity index is 1.16. The third-order valence-electron chi connectivity index (χ3n) is 8.56. The number of hydrogen-bond donors (Lipinski definition) is 1. The topological polar surface area (TPSA) is 61.4 Å². The number of nitrogens with one attached hydrogen (secondary N) is 1. The number of rotatable bonds is 6. The molecule has 1 aromatic carbocycles. The summed E-state index contributed by atoms with van der Waals surface area (Å²) in [7, 11) is 0. The molecule has 35 heavy (non-hydrogen) atoms. The number of nitrogens with zero attached hydrogens (tertiary/aromatic N) is 4. The number of carbonyl (C=O) groups is 1. The number of aromatic nitrogens is 2. The number of anilines is 1. The van der Waals surface area contributed by atoms with Crippen LogP contribution in [0.4, 0.5) is 5.82 Å². The van der Waals surface area contributed by atoms with Gasteiger partial charge < -0.3 is 15.1 Å². The van der Waals surface area contributed by atoms with Crippen molar-refractivity contribution in [3.8, 4) is 0 Å². The molecule has 1 amide bonds. The summed E-state index contributed by atoms with van der Waals surface area (Å²) in [4.78, 5) is 26.9. The van der Waals surface area contributed by atoms with Gasteiger partial charge in [0.15, 0.2) is 0 Å². The molecule has 5 rings (SSSR count). The minimum absolute atomic E-state index is 0.0619. The molecular weight excluding hydrogens is 434 g/mol. The second-order valence-electron chi connectivity index (χ2n) is 10.8. The van der Waals surface area contributed by atoms with Gasteiger partial charge in [-0.1, -0.05) is 43.2 Å². The molecule has 0 bridgehead atoms. The quantitative estimate of drug-likeness (QED) is 0.617. The molecule has 1 saturated carbocycles. The molecule has 1 aliphatic carbocycles. The van der Waals surface area contributed by atoms with Crippen LogP contribution in [0.1, 0.15) is 85.3 Å². The third-order valence-corrected chi connectivity index (χ3v) is 8.56. The lowest BCUT2D eigenvalue weighted by molar-refractivity contribution is 0.0584. The fourth-order valence-electron chi connectivity index (χ4n) is 6.46. The van der Waals surface area contributed by atoms with Crippen LogP contribution in [-0.2, 0) is 0 Å². The molecule has 0 radical (unpaired) electrons. The number of benzene rings is 1. The summed E-state index contributed by atoms with van der Waals surface area (Å²) in [5.74, 6) is 2.14. The van der Waals surface area contributed by atoms with Crippen molar-refractivity contribution in [2.75, 3.05) is 38.0 Å². The van der Waals surface area contributed by atoms with Crippen molar-refractivity contribution in [2.45, 2.75) is 76.7 Å². The highest BCUT2D eigenvalue weighted by Crippen LogP contribution is 2.36. The van der Waals surface area contributed by atoms with E-state index in [2.05, 4.69) is 50.5 Å². The Bertz CT molecular complexity index is 966. The first-order chi connectivity index (χ1) is 17.2. The standard InChI is InChI=1S/C29H41N5O/c1-22-27(29(35)34-17-13-26(14-18-34)33-15-6-3-7-16-33)31-21-32-28(22)30-20-23-9-8-12-25(19-23)24-10-4-2-5-11-24/h2,4-5,10-11,21,23,25-26H,3,6-9,12-20H2,1H3,(H,30,31,32). The first-order valence-electron chi connectivity index (χ1n) is 13.8. The average Bonchev–Trinajstić information content (AvgIpc) is 2.93. The molecule has 2 saturated heterocycles. The van der Waals surface area contributed by atoms with Crippen LogP contribution in [0.5, 0.6) is 0 Å². The van der Waals surface area contributed by atoms with E-state index in [1.54, 1.807) is 6.33 Å². The average molecular weight is 476 g/mol. The van der Waals surface area contributed by atoms with Gasteiger partial charge in [0, 0.05) is 31.2 Å². The Hall–Kier alpha value is -2.47. The van der Waals surface area contributed by atoms with Crippen LogP contribution in [0, 0.1) is 12.8 Å². The van der Waals surface area contributed by atoms with Gasteiger partial charge in [-0.2, -0.15) is 0 Å². The van der Waals surface area contributed by atoms with Crippen LogP contribution in [-0.4, -0.2) is 64.4 Å². The van der Waals surface area contributed by atoms with Crippen LogP contribution in [0.25, 0.3) is 0 Å². The van der Waals surface area contributed by atoms with Gasteiger partial charge in [-0.25, -0.2) is 9.97 Å². The zero-order valence-corrected chi connectivity index (χ0v) is 21.3. The van der Waals surface area contributed by atoms with E-state index >= 15 is 0 Å². The van der Waals surface area contributed by atoms with Gasteiger partial charge in [0.1, 0.15) is 17.8 Å². The monoisotopic (exact) mass is 475 g/mol. The summed E-state index contributed by atoms with van der Waals surface area (Å²) < 4.78 is 0. The molecule has 2 atom stereocenters. The van der Waals surface area contributed by atoms with Crippen molar-refractivity contribution in [1.29, 1.82) is 0 Å². The van der Waals surface area contributed by atoms with Crippen molar-refractivity contribution in [2.24, 2.45) is 5.92 Å². The van der Waals surface area contributed by atoms with Crippen LogP contribution >= 0.6 is 0 Å². The van der Waals surface area contributed by atoms with Gasteiger partial charge in [0.25, 0.3) is 5.91 Å². The number of hydrogen-bond acceptors (Lipinski definition) is 5. The van der Waals surface area contributed by atoms with Gasteiger partial charge in [0.2, 0.25) is 0 Å². The maximum Gasteiger partial charge on any atom is 0.272 e. The smallest absolute Gasteiger partial charge is 0.272 e. The van der Waals surface area contributed by atoms with E-state index in [0.717, 1.165) is 43.9 Å². The third kappa shape index (κ3) is 5.85. The predicted octanol–water partition coefficient (Wildman–Crippen LogP) is 5.26. The van der Waals surface area contributed by atoms with Crippen molar-refractivity contribution in [3.63, 3.8) is 0 Å². The molecule has 3 aliphatic rings. The molecule has 2 unspecified atom stereocenters. The van der Waals surface area contributed by atoms with Gasteiger partial charge >= 0.3 is 0 Å². The lowest BCUT2D eigenvalue weighted by Gasteiger charge is -2.40. The summed E-state index contributed by atoms with van der Waals surface area (Å²) in [6.07, 6.45) is 12.7. The molecule has 3 fully saturated rings. The summed E-state index contributed by atoms with van der Waals surface area (Å²) in [6.45, 7) is 7.00. The van der Waals surface area contributed by atoms with Crippen LogP contribution < -0.4 is 5.32 Å². The Kier molecular flexibility index (Phi) is 7.97. The Morgan fingerprint density at radius 2 is 1.71 bits per heavy atom. The fraction of sp³-hybridized carbons (Fsp3) is 0.621. The summed E-state index contributed by atoms with van der Waals surface area (Å²) in [5, 5.41) is 3.57. The summed E-state index contributed by atoms with van der Waals surface area (Å²) in [6, 6.07) is 11.6. The van der Waals surface area contributed by atoms with Gasteiger partial charge in [0.05, 0.1) is 0 Å². The van der Waals surface area contributed by atoms with Crippen molar-refractivity contribution >= 4 is 11.7 Å². The van der Waals surface area contributed by atoms with Gasteiger partial charge in [-0.15, -0.1) is 0 Å². The van der Waals surface area contributed by atoms with Crippen LogP contribution in [0.3, 0.4) is 0 Å². The minimum atomic E-state index is 0.0619. The number of piperidine rings is 2. The lowest BCUT2D eigenvalue weighted by atomic mass is 9.78. The van der Waals surface area contributed by atoms with E-state index in [-0.39, 0.29) is 5.91 Å². The molecule has 0 spiro atoms. The van der Waals surface area contributed by atoms with Crippen molar-refractivity contribution < 1.29 is 4.79 Å². The SMILES string of the molecule is Cc1c(NCC2CCCC(c3ccccc3)C2)ncnc1C(=O)N1CCC(N2CCCCC2)CC1. The normalized spacial score (nSPS) is 24.3. The summed E-state index contributed by atoms with van der Waals surface area (Å²) in [5.41, 5.74) is 2.91. The van der Waals surface area contributed by atoms with Crippen LogP contribution in [0.2, 0.25) is 0 Å². The maximum absolute atomic E-state index is 13.4. The van der Waals surface area contributed by atoms with Crippen molar-refractivity contribution in [3.05, 3.63) is 53.5 Å². The fourth-order valence-corrected chi connectivity index (χ4v) is 6.46.